The lowest BCUT2D eigenvalue weighted by Crippen LogP contribution is -2.20. The van der Waals surface area contributed by atoms with Gasteiger partial charge in [0.1, 0.15) is 17.4 Å². The van der Waals surface area contributed by atoms with Crippen molar-refractivity contribution in [3.63, 3.8) is 0 Å². The molecule has 0 radical (unpaired) electrons. The first-order valence-electron chi connectivity index (χ1n) is 6.49. The van der Waals surface area contributed by atoms with Crippen molar-refractivity contribution in [1.82, 2.24) is 0 Å². The summed E-state index contributed by atoms with van der Waals surface area (Å²) in [6.07, 6.45) is -0.115. The van der Waals surface area contributed by atoms with Crippen LogP contribution in [0, 0.1) is 0 Å². The average molecular weight is 266 g/mol. The first kappa shape index (κ1) is 12.5. The van der Waals surface area contributed by atoms with Crippen molar-refractivity contribution in [3.8, 4) is 0 Å². The van der Waals surface area contributed by atoms with Crippen LogP contribution in [0.4, 0.5) is 0 Å². The van der Waals surface area contributed by atoms with E-state index in [0.717, 1.165) is 5.56 Å². The van der Waals surface area contributed by atoms with E-state index in [-0.39, 0.29) is 11.3 Å². The molecule has 1 aliphatic heterocycles. The molecular weight excluding hydrogens is 252 g/mol. The van der Waals surface area contributed by atoms with Crippen LogP contribution in [0.2, 0.25) is 0 Å². The van der Waals surface area contributed by atoms with Gasteiger partial charge in [0.05, 0.1) is 0 Å². The van der Waals surface area contributed by atoms with Crippen molar-refractivity contribution >= 4 is 11.5 Å². The Bertz CT molecular complexity index is 644. The first-order chi connectivity index (χ1) is 9.75. The van der Waals surface area contributed by atoms with Crippen LogP contribution < -0.4 is 0 Å². The third kappa shape index (κ3) is 2.30. The summed E-state index contributed by atoms with van der Waals surface area (Å²) in [6.45, 7) is 0. The van der Waals surface area contributed by atoms with E-state index >= 15 is 0 Å². The monoisotopic (exact) mass is 266 g/mol. The highest BCUT2D eigenvalue weighted by Gasteiger charge is 2.30. The molecule has 1 N–H and O–H groups in total. The number of aliphatic hydroxyl groups excluding tert-OH is 1. The molecule has 0 bridgehead atoms. The molecule has 0 amide bonds. The van der Waals surface area contributed by atoms with Crippen LogP contribution in [-0.4, -0.2) is 11.1 Å². The number of esters is 1. The Balaban J connectivity index is 1.94. The van der Waals surface area contributed by atoms with E-state index in [2.05, 4.69) is 0 Å². The smallest absolute Gasteiger partial charge is 0.342 e. The van der Waals surface area contributed by atoms with Crippen LogP contribution >= 0.6 is 0 Å². The minimum atomic E-state index is -0.478. The zero-order valence-electron chi connectivity index (χ0n) is 10.8. The largest absolute Gasteiger partial charge is 0.511 e. The quantitative estimate of drug-likeness (QED) is 0.844. The fourth-order valence-corrected chi connectivity index (χ4v) is 2.37. The summed E-state index contributed by atoms with van der Waals surface area (Å²) < 4.78 is 5.45. The molecule has 1 atom stereocenters. The summed E-state index contributed by atoms with van der Waals surface area (Å²) in [5.74, 6) is -0.393. The third-order valence-electron chi connectivity index (χ3n) is 3.35. The number of hydrogen-bond acceptors (Lipinski definition) is 3. The van der Waals surface area contributed by atoms with Gasteiger partial charge < -0.3 is 9.84 Å². The van der Waals surface area contributed by atoms with Crippen molar-refractivity contribution < 1.29 is 14.6 Å². The predicted molar refractivity (Wildman–Crippen MR) is 75.9 cm³/mol. The molecule has 0 aliphatic carbocycles. The Morgan fingerprint density at radius 1 is 0.950 bits per heavy atom. The molecular formula is C17H14O3. The van der Waals surface area contributed by atoms with Crippen LogP contribution in [0.3, 0.4) is 0 Å². The van der Waals surface area contributed by atoms with Crippen LogP contribution in [0.15, 0.2) is 66.4 Å². The van der Waals surface area contributed by atoms with Gasteiger partial charge in [-0.3, -0.25) is 0 Å². The Hall–Kier alpha value is -2.55. The SMILES string of the molecule is O=C1OC(c2ccccc2)CC(O)=C1c1ccccc1. The third-order valence-corrected chi connectivity index (χ3v) is 3.35. The zero-order valence-corrected chi connectivity index (χ0v) is 10.8. The summed E-state index contributed by atoms with van der Waals surface area (Å²) in [7, 11) is 0. The molecule has 2 aromatic carbocycles. The zero-order chi connectivity index (χ0) is 13.9. The maximum atomic E-state index is 12.1. The molecule has 3 rings (SSSR count). The maximum Gasteiger partial charge on any atom is 0.342 e. The number of cyclic esters (lactones) is 1. The molecule has 1 heterocycles. The van der Waals surface area contributed by atoms with Crippen LogP contribution in [0.1, 0.15) is 23.7 Å². The highest BCUT2D eigenvalue weighted by atomic mass is 16.5. The molecule has 0 spiro atoms. The number of carbonyl (C=O) groups excluding carboxylic acids is 1. The maximum absolute atomic E-state index is 12.1. The second-order valence-corrected chi connectivity index (χ2v) is 4.70. The molecule has 20 heavy (non-hydrogen) atoms. The fourth-order valence-electron chi connectivity index (χ4n) is 2.37. The number of ether oxygens (including phenoxy) is 1. The van der Waals surface area contributed by atoms with Gasteiger partial charge in [0.2, 0.25) is 0 Å². The van der Waals surface area contributed by atoms with Gasteiger partial charge in [-0.2, -0.15) is 0 Å². The van der Waals surface area contributed by atoms with Gasteiger partial charge in [0.15, 0.2) is 0 Å². The minimum Gasteiger partial charge on any atom is -0.511 e. The summed E-state index contributed by atoms with van der Waals surface area (Å²) >= 11 is 0. The number of hydrogen-bond donors (Lipinski definition) is 1. The standard InChI is InChI=1S/C17H14O3/c18-14-11-15(12-7-3-1-4-8-12)20-17(19)16(14)13-9-5-2-6-10-13/h1-10,15,18H,11H2. The van der Waals surface area contributed by atoms with Crippen LogP contribution in [-0.2, 0) is 9.53 Å². The van der Waals surface area contributed by atoms with Crippen LogP contribution in [0.25, 0.3) is 5.57 Å². The molecule has 3 nitrogen and oxygen atoms in total. The van der Waals surface area contributed by atoms with E-state index in [0.29, 0.717) is 12.0 Å². The fraction of sp³-hybridized carbons (Fsp3) is 0.118. The minimum absolute atomic E-state index is 0.0845. The second-order valence-electron chi connectivity index (χ2n) is 4.70. The topological polar surface area (TPSA) is 46.5 Å². The Morgan fingerprint density at radius 2 is 1.55 bits per heavy atom. The van der Waals surface area contributed by atoms with Crippen molar-refractivity contribution in [1.29, 1.82) is 0 Å². The summed E-state index contributed by atoms with van der Waals surface area (Å²) in [6, 6.07) is 18.5. The number of rotatable bonds is 2. The van der Waals surface area contributed by atoms with E-state index in [4.69, 9.17) is 4.74 Å². The Morgan fingerprint density at radius 3 is 2.15 bits per heavy atom. The lowest BCUT2D eigenvalue weighted by Gasteiger charge is -2.24. The average Bonchev–Trinajstić information content (AvgIpc) is 2.48. The summed E-state index contributed by atoms with van der Waals surface area (Å²) in [4.78, 5) is 12.1. The van der Waals surface area contributed by atoms with Gasteiger partial charge in [0, 0.05) is 6.42 Å². The molecule has 0 fully saturated rings. The van der Waals surface area contributed by atoms with E-state index in [1.165, 1.54) is 0 Å². The number of aliphatic hydroxyl groups is 1. The van der Waals surface area contributed by atoms with Gasteiger partial charge in [-0.1, -0.05) is 60.7 Å². The Labute approximate surface area is 117 Å². The van der Waals surface area contributed by atoms with Gasteiger partial charge in [-0.15, -0.1) is 0 Å². The number of carbonyl (C=O) groups is 1. The molecule has 3 heteroatoms. The molecule has 100 valence electrons. The normalized spacial score (nSPS) is 18.8. The van der Waals surface area contributed by atoms with Gasteiger partial charge in [0.25, 0.3) is 0 Å². The predicted octanol–water partition coefficient (Wildman–Crippen LogP) is 3.64. The van der Waals surface area contributed by atoms with Gasteiger partial charge in [-0.05, 0) is 11.1 Å². The molecule has 1 aliphatic rings. The highest BCUT2D eigenvalue weighted by Crippen LogP contribution is 2.34. The van der Waals surface area contributed by atoms with Crippen molar-refractivity contribution in [3.05, 3.63) is 77.5 Å². The van der Waals surface area contributed by atoms with Gasteiger partial charge in [-0.25, -0.2) is 4.79 Å². The molecule has 2 aromatic rings. The number of benzene rings is 2. The van der Waals surface area contributed by atoms with E-state index in [1.54, 1.807) is 12.1 Å². The highest BCUT2D eigenvalue weighted by molar-refractivity contribution is 6.17. The first-order valence-corrected chi connectivity index (χ1v) is 6.49. The molecule has 0 saturated heterocycles. The van der Waals surface area contributed by atoms with Crippen molar-refractivity contribution in [2.24, 2.45) is 0 Å². The van der Waals surface area contributed by atoms with Crippen molar-refractivity contribution in [2.75, 3.05) is 0 Å². The molecule has 0 aromatic heterocycles. The second kappa shape index (κ2) is 5.21. The summed E-state index contributed by atoms with van der Waals surface area (Å²) in [5, 5.41) is 10.2. The van der Waals surface area contributed by atoms with E-state index in [9.17, 15) is 9.90 Å². The Kier molecular flexibility index (Phi) is 3.25. The van der Waals surface area contributed by atoms with E-state index < -0.39 is 12.1 Å². The van der Waals surface area contributed by atoms with Gasteiger partial charge >= 0.3 is 5.97 Å². The van der Waals surface area contributed by atoms with E-state index in [1.807, 2.05) is 48.5 Å². The van der Waals surface area contributed by atoms with Crippen LogP contribution in [0.5, 0.6) is 0 Å². The summed E-state index contributed by atoms with van der Waals surface area (Å²) in [5.41, 5.74) is 1.83. The molecule has 1 unspecified atom stereocenters. The van der Waals surface area contributed by atoms with Crippen molar-refractivity contribution in [2.45, 2.75) is 12.5 Å². The molecule has 0 saturated carbocycles. The lowest BCUT2D eigenvalue weighted by atomic mass is 9.96. The lowest BCUT2D eigenvalue weighted by molar-refractivity contribution is -0.144.